The highest BCUT2D eigenvalue weighted by molar-refractivity contribution is 6.00. The van der Waals surface area contributed by atoms with E-state index in [0.29, 0.717) is 12.0 Å². The summed E-state index contributed by atoms with van der Waals surface area (Å²) in [5.74, 6) is 0.201. The van der Waals surface area contributed by atoms with Crippen LogP contribution in [-0.2, 0) is 9.59 Å². The fraction of sp³-hybridized carbons (Fsp3) is 0.826. The number of carbonyl (C=O) groups excluding carboxylic acids is 2. The number of nitrogens with zero attached hydrogens (tertiary/aromatic N) is 1. The van der Waals surface area contributed by atoms with Crippen molar-refractivity contribution in [1.82, 2.24) is 4.90 Å². The Hall–Kier alpha value is -1.12. The van der Waals surface area contributed by atoms with Gasteiger partial charge in [0.05, 0.1) is 6.04 Å². The Labute approximate surface area is 161 Å². The fourth-order valence-corrected chi connectivity index (χ4v) is 3.89. The van der Waals surface area contributed by atoms with E-state index >= 15 is 0 Å². The van der Waals surface area contributed by atoms with Gasteiger partial charge in [0.15, 0.2) is 5.78 Å². The number of hydrogen-bond acceptors (Lipinski definition) is 2. The summed E-state index contributed by atoms with van der Waals surface area (Å²) in [4.78, 5) is 26.2. The van der Waals surface area contributed by atoms with Crippen LogP contribution in [0.15, 0.2) is 12.2 Å². The molecule has 0 saturated carbocycles. The molecule has 3 nitrogen and oxygen atoms in total. The van der Waals surface area contributed by atoms with Crippen LogP contribution in [0, 0.1) is 0 Å². The molecule has 1 aliphatic rings. The highest BCUT2D eigenvalue weighted by Crippen LogP contribution is 2.21. The summed E-state index contributed by atoms with van der Waals surface area (Å²) in [5, 5.41) is 0. The van der Waals surface area contributed by atoms with E-state index in [9.17, 15) is 9.59 Å². The van der Waals surface area contributed by atoms with Crippen molar-refractivity contribution in [3.63, 3.8) is 0 Å². The number of carbonyl (C=O) groups is 2. The largest absolute Gasteiger partial charge is 0.332 e. The number of rotatable bonds is 16. The minimum absolute atomic E-state index is 0.0586. The third kappa shape index (κ3) is 9.00. The Kier molecular flexibility index (Phi) is 12.3. The van der Waals surface area contributed by atoms with Gasteiger partial charge < -0.3 is 4.90 Å². The smallest absolute Gasteiger partial charge is 0.223 e. The van der Waals surface area contributed by atoms with E-state index in [0.717, 1.165) is 25.8 Å². The van der Waals surface area contributed by atoms with Gasteiger partial charge in [-0.2, -0.15) is 0 Å². The van der Waals surface area contributed by atoms with Crippen molar-refractivity contribution in [2.45, 2.75) is 116 Å². The van der Waals surface area contributed by atoms with Crippen LogP contribution in [0.5, 0.6) is 0 Å². The topological polar surface area (TPSA) is 37.4 Å². The number of hydrogen-bond donors (Lipinski definition) is 0. The molecular weight excluding hydrogens is 322 g/mol. The van der Waals surface area contributed by atoms with Gasteiger partial charge in [-0.15, -0.1) is 0 Å². The van der Waals surface area contributed by atoms with Crippen molar-refractivity contribution in [3.8, 4) is 0 Å². The maximum absolute atomic E-state index is 12.4. The van der Waals surface area contributed by atoms with E-state index in [1.165, 1.54) is 70.6 Å². The lowest BCUT2D eigenvalue weighted by Crippen LogP contribution is -2.42. The van der Waals surface area contributed by atoms with Crippen LogP contribution in [0.3, 0.4) is 0 Å². The number of Topliss-reactive ketones (excluding diaryl/α,β-unsaturated/α-hetero) is 1. The van der Waals surface area contributed by atoms with Gasteiger partial charge in [-0.25, -0.2) is 0 Å². The molecule has 1 saturated heterocycles. The van der Waals surface area contributed by atoms with E-state index < -0.39 is 0 Å². The Bertz CT molecular complexity index is 430. The average molecular weight is 364 g/mol. The van der Waals surface area contributed by atoms with Gasteiger partial charge in [-0.05, 0) is 25.3 Å². The van der Waals surface area contributed by atoms with Gasteiger partial charge in [-0.1, -0.05) is 90.6 Å². The number of ketones is 1. The van der Waals surface area contributed by atoms with Crippen molar-refractivity contribution >= 4 is 11.7 Å². The molecule has 0 aromatic heterocycles. The van der Waals surface area contributed by atoms with Crippen molar-refractivity contribution in [2.75, 3.05) is 6.54 Å². The maximum Gasteiger partial charge on any atom is 0.223 e. The molecule has 150 valence electrons. The van der Waals surface area contributed by atoms with E-state index in [2.05, 4.69) is 13.5 Å². The Morgan fingerprint density at radius 2 is 1.46 bits per heavy atom. The quantitative estimate of drug-likeness (QED) is 0.241. The standard InChI is InChI=1S/C23H41NO2/c1-4-5-6-7-8-9-10-11-12-13-14-15-17-21(23(26)20(2)3)24-19-16-18-22(24)25/h21H,2,4-19H2,1,3H3. The SMILES string of the molecule is C=C(C)C(=O)C(CCCCCCCCCCCCCC)N1CCCC1=O. The zero-order chi connectivity index (χ0) is 19.2. The molecule has 1 fully saturated rings. The van der Waals surface area contributed by atoms with Crippen LogP contribution in [0.1, 0.15) is 110 Å². The summed E-state index contributed by atoms with van der Waals surface area (Å²) < 4.78 is 0. The van der Waals surface area contributed by atoms with Crippen LogP contribution in [0.2, 0.25) is 0 Å². The molecule has 1 heterocycles. The molecule has 1 atom stereocenters. The summed E-state index contributed by atoms with van der Waals surface area (Å²) in [6.45, 7) is 8.56. The second-order valence-electron chi connectivity index (χ2n) is 8.03. The third-order valence-corrected chi connectivity index (χ3v) is 5.54. The lowest BCUT2D eigenvalue weighted by molar-refractivity contribution is -0.135. The summed E-state index contributed by atoms with van der Waals surface area (Å²) in [7, 11) is 0. The molecule has 0 bridgehead atoms. The molecule has 1 unspecified atom stereocenters. The van der Waals surface area contributed by atoms with Crippen LogP contribution in [-0.4, -0.2) is 29.2 Å². The van der Waals surface area contributed by atoms with Crippen molar-refractivity contribution in [3.05, 3.63) is 12.2 Å². The van der Waals surface area contributed by atoms with Crippen LogP contribution in [0.25, 0.3) is 0 Å². The summed E-state index contributed by atoms with van der Waals surface area (Å²) in [6.07, 6.45) is 18.0. The van der Waals surface area contributed by atoms with E-state index in [1.54, 1.807) is 11.8 Å². The molecule has 0 spiro atoms. The second kappa shape index (κ2) is 14.0. The van der Waals surface area contributed by atoms with Crippen LogP contribution in [0.4, 0.5) is 0 Å². The fourth-order valence-electron chi connectivity index (χ4n) is 3.89. The zero-order valence-electron chi connectivity index (χ0n) is 17.4. The summed E-state index contributed by atoms with van der Waals surface area (Å²) >= 11 is 0. The lowest BCUT2D eigenvalue weighted by atomic mass is 9.98. The van der Waals surface area contributed by atoms with Crippen LogP contribution < -0.4 is 0 Å². The zero-order valence-corrected chi connectivity index (χ0v) is 17.4. The monoisotopic (exact) mass is 363 g/mol. The molecular formula is C23H41NO2. The first-order valence-corrected chi connectivity index (χ1v) is 11.1. The predicted molar refractivity (Wildman–Crippen MR) is 110 cm³/mol. The third-order valence-electron chi connectivity index (χ3n) is 5.54. The van der Waals surface area contributed by atoms with Crippen molar-refractivity contribution in [2.24, 2.45) is 0 Å². The molecule has 0 radical (unpaired) electrons. The molecule has 1 rings (SSSR count). The van der Waals surface area contributed by atoms with E-state index in [1.807, 2.05) is 0 Å². The normalized spacial score (nSPS) is 15.5. The average Bonchev–Trinajstić information content (AvgIpc) is 3.04. The Morgan fingerprint density at radius 3 is 1.88 bits per heavy atom. The number of unbranched alkanes of at least 4 members (excludes halogenated alkanes) is 11. The first kappa shape index (κ1) is 22.9. The summed E-state index contributed by atoms with van der Waals surface area (Å²) in [5.41, 5.74) is 0.577. The molecule has 26 heavy (non-hydrogen) atoms. The van der Waals surface area contributed by atoms with Crippen LogP contribution >= 0.6 is 0 Å². The van der Waals surface area contributed by atoms with Gasteiger partial charge in [0.1, 0.15) is 0 Å². The Morgan fingerprint density at radius 1 is 0.962 bits per heavy atom. The lowest BCUT2D eigenvalue weighted by Gasteiger charge is -2.26. The maximum atomic E-state index is 12.4. The number of amides is 1. The van der Waals surface area contributed by atoms with Gasteiger partial charge in [0.2, 0.25) is 5.91 Å². The summed E-state index contributed by atoms with van der Waals surface area (Å²) in [6, 6.07) is -0.259. The van der Waals surface area contributed by atoms with Crippen molar-refractivity contribution in [1.29, 1.82) is 0 Å². The van der Waals surface area contributed by atoms with Gasteiger partial charge in [0, 0.05) is 13.0 Å². The van der Waals surface area contributed by atoms with Gasteiger partial charge in [-0.3, -0.25) is 9.59 Å². The minimum atomic E-state index is -0.259. The molecule has 0 aromatic rings. The predicted octanol–water partition coefficient (Wildman–Crippen LogP) is 6.21. The molecule has 0 aromatic carbocycles. The van der Waals surface area contributed by atoms with E-state index in [-0.39, 0.29) is 17.7 Å². The highest BCUT2D eigenvalue weighted by Gasteiger charge is 2.32. The second-order valence-corrected chi connectivity index (χ2v) is 8.03. The first-order valence-electron chi connectivity index (χ1n) is 11.1. The molecule has 1 amide bonds. The van der Waals surface area contributed by atoms with Gasteiger partial charge in [0.25, 0.3) is 0 Å². The Balaban J connectivity index is 2.11. The molecule has 0 aliphatic carbocycles. The molecule has 0 N–H and O–H groups in total. The molecule has 1 aliphatic heterocycles. The van der Waals surface area contributed by atoms with Gasteiger partial charge >= 0.3 is 0 Å². The first-order chi connectivity index (χ1) is 12.6. The van der Waals surface area contributed by atoms with Crippen molar-refractivity contribution < 1.29 is 9.59 Å². The number of likely N-dealkylation sites (tertiary alicyclic amines) is 1. The highest BCUT2D eigenvalue weighted by atomic mass is 16.2. The molecule has 3 heteroatoms. The minimum Gasteiger partial charge on any atom is -0.332 e. The van der Waals surface area contributed by atoms with E-state index in [4.69, 9.17) is 0 Å².